The molecule has 2 aromatic rings. The average Bonchev–Trinajstić information content (AvgIpc) is 3.30. The number of carbonyl (C=O) groups excluding carboxylic acids is 2. The van der Waals surface area contributed by atoms with E-state index in [0.717, 1.165) is 12.0 Å². The molecule has 2 aromatic carbocycles. The van der Waals surface area contributed by atoms with E-state index in [1.54, 1.807) is 17.0 Å². The standard InChI is InChI=1S/C30H40ClN3O6/c1-19-8-3-4-12-26(19)40-27-22(10-5-11-23(27)31)30(38,13-7-14-33-29(37)39-2)21-9-6-15-34(18-21)28(36)20-16-24(32)25(35)17-20/h3-5,8,10-12,20-21,24-25,35,38H,6-7,9,13-18,32H2,1-2H3,(H,33,37)/t20?,21-,24-,25+,30+/m1/s1. The summed E-state index contributed by atoms with van der Waals surface area (Å²) in [7, 11) is 1.30. The third-order valence-electron chi connectivity index (χ3n) is 8.26. The number of hydrogen-bond donors (Lipinski definition) is 4. The maximum absolute atomic E-state index is 13.4. The summed E-state index contributed by atoms with van der Waals surface area (Å²) >= 11 is 6.68. The molecule has 5 N–H and O–H groups in total. The molecule has 1 heterocycles. The van der Waals surface area contributed by atoms with Crippen molar-refractivity contribution >= 4 is 23.6 Å². The molecule has 2 aliphatic rings. The quantitative estimate of drug-likeness (QED) is 0.332. The summed E-state index contributed by atoms with van der Waals surface area (Å²) in [4.78, 5) is 26.9. The van der Waals surface area contributed by atoms with Gasteiger partial charge in [0.05, 0.1) is 23.8 Å². The van der Waals surface area contributed by atoms with Gasteiger partial charge in [0.1, 0.15) is 5.75 Å². The van der Waals surface area contributed by atoms with E-state index < -0.39 is 23.8 Å². The Balaban J connectivity index is 1.64. The number of carbonyl (C=O) groups is 2. The van der Waals surface area contributed by atoms with Crippen molar-refractivity contribution in [2.45, 2.75) is 63.2 Å². The first-order valence-electron chi connectivity index (χ1n) is 13.9. The lowest BCUT2D eigenvalue weighted by Gasteiger charge is -2.44. The molecule has 1 saturated carbocycles. The van der Waals surface area contributed by atoms with Gasteiger partial charge >= 0.3 is 6.09 Å². The number of amides is 2. The number of halogens is 1. The number of rotatable bonds is 9. The van der Waals surface area contributed by atoms with Crippen molar-refractivity contribution in [3.63, 3.8) is 0 Å². The highest BCUT2D eigenvalue weighted by molar-refractivity contribution is 6.32. The summed E-state index contributed by atoms with van der Waals surface area (Å²) in [5, 5.41) is 25.7. The minimum atomic E-state index is -1.41. The summed E-state index contributed by atoms with van der Waals surface area (Å²) in [6.07, 6.45) is 1.74. The third kappa shape index (κ3) is 6.71. The van der Waals surface area contributed by atoms with Crippen LogP contribution in [-0.2, 0) is 15.1 Å². The molecular weight excluding hydrogens is 534 g/mol. The Labute approximate surface area is 240 Å². The lowest BCUT2D eigenvalue weighted by Crippen LogP contribution is -2.49. The second kappa shape index (κ2) is 13.2. The zero-order chi connectivity index (χ0) is 28.9. The summed E-state index contributed by atoms with van der Waals surface area (Å²) in [6.45, 7) is 3.17. The molecule has 1 saturated heterocycles. The molecule has 10 heteroatoms. The number of methoxy groups -OCH3 is 1. The number of likely N-dealkylation sites (tertiary alicyclic amines) is 1. The molecule has 0 aromatic heterocycles. The smallest absolute Gasteiger partial charge is 0.406 e. The van der Waals surface area contributed by atoms with Crippen LogP contribution in [0.3, 0.4) is 0 Å². The Morgan fingerprint density at radius 3 is 2.67 bits per heavy atom. The zero-order valence-electron chi connectivity index (χ0n) is 23.1. The van der Waals surface area contributed by atoms with Crippen LogP contribution in [0, 0.1) is 18.8 Å². The second-order valence-electron chi connectivity index (χ2n) is 11.0. The monoisotopic (exact) mass is 573 g/mol. The maximum Gasteiger partial charge on any atom is 0.406 e. The number of nitrogens with zero attached hydrogens (tertiary/aromatic N) is 1. The summed E-state index contributed by atoms with van der Waals surface area (Å²) in [5.74, 6) is 0.320. The van der Waals surface area contributed by atoms with E-state index in [1.165, 1.54) is 7.11 Å². The molecule has 0 spiro atoms. The molecule has 218 valence electrons. The summed E-state index contributed by atoms with van der Waals surface area (Å²) in [5.41, 5.74) is 6.04. The van der Waals surface area contributed by atoms with Gasteiger partial charge in [-0.05, 0) is 63.1 Å². The second-order valence-corrected chi connectivity index (χ2v) is 11.4. The largest absolute Gasteiger partial charge is 0.455 e. The Kier molecular flexibility index (Phi) is 9.94. The molecule has 2 fully saturated rings. The molecule has 2 amide bonds. The molecule has 1 aliphatic carbocycles. The summed E-state index contributed by atoms with van der Waals surface area (Å²) < 4.78 is 11.0. The van der Waals surface area contributed by atoms with Crippen molar-refractivity contribution < 1.29 is 29.3 Å². The minimum Gasteiger partial charge on any atom is -0.455 e. The first-order chi connectivity index (χ1) is 19.1. The molecule has 40 heavy (non-hydrogen) atoms. The molecule has 1 aliphatic heterocycles. The zero-order valence-corrected chi connectivity index (χ0v) is 23.9. The van der Waals surface area contributed by atoms with Crippen molar-refractivity contribution in [1.82, 2.24) is 10.2 Å². The minimum absolute atomic E-state index is 0.0334. The molecule has 9 nitrogen and oxygen atoms in total. The fourth-order valence-electron chi connectivity index (χ4n) is 5.99. The number of para-hydroxylation sites is 2. The topological polar surface area (TPSA) is 134 Å². The van der Waals surface area contributed by atoms with Gasteiger partial charge in [-0.2, -0.15) is 0 Å². The number of benzene rings is 2. The summed E-state index contributed by atoms with van der Waals surface area (Å²) in [6, 6.07) is 12.5. The maximum atomic E-state index is 13.4. The SMILES string of the molecule is COC(=O)NCCC[C@@](O)(c1cccc(Cl)c1Oc1ccccc1C)[C@@H]1CCCN(C(=O)C2C[C@@H](N)[C@@H](O)C2)C1. The highest BCUT2D eigenvalue weighted by Crippen LogP contribution is 2.47. The van der Waals surface area contributed by atoms with Gasteiger partial charge in [0.2, 0.25) is 5.91 Å². The predicted molar refractivity (Wildman–Crippen MR) is 152 cm³/mol. The number of aliphatic hydroxyl groups excluding tert-OH is 1. The molecule has 4 rings (SSSR count). The van der Waals surface area contributed by atoms with Crippen LogP contribution in [-0.4, -0.2) is 66.0 Å². The van der Waals surface area contributed by atoms with Crippen molar-refractivity contribution in [2.24, 2.45) is 17.6 Å². The number of alkyl carbamates (subject to hydrolysis) is 1. The van der Waals surface area contributed by atoms with Crippen LogP contribution in [0.2, 0.25) is 5.02 Å². The van der Waals surface area contributed by atoms with E-state index in [-0.39, 0.29) is 17.7 Å². The Bertz CT molecular complexity index is 1190. The molecule has 5 atom stereocenters. The lowest BCUT2D eigenvalue weighted by molar-refractivity contribution is -0.141. The average molecular weight is 574 g/mol. The van der Waals surface area contributed by atoms with Gasteiger partial charge in [0, 0.05) is 43.1 Å². The molecule has 0 radical (unpaired) electrons. The van der Waals surface area contributed by atoms with Crippen LogP contribution >= 0.6 is 11.6 Å². The van der Waals surface area contributed by atoms with Crippen LogP contribution in [0.1, 0.15) is 49.7 Å². The van der Waals surface area contributed by atoms with E-state index in [1.807, 2.05) is 37.3 Å². The molecular formula is C30H40ClN3O6. The van der Waals surface area contributed by atoms with Gasteiger partial charge < -0.3 is 35.6 Å². The highest BCUT2D eigenvalue weighted by Gasteiger charge is 2.45. The van der Waals surface area contributed by atoms with Gasteiger partial charge in [-0.3, -0.25) is 4.79 Å². The van der Waals surface area contributed by atoms with Crippen LogP contribution in [0.25, 0.3) is 0 Å². The Hall–Kier alpha value is -2.85. The van der Waals surface area contributed by atoms with Gasteiger partial charge in [-0.25, -0.2) is 4.79 Å². The van der Waals surface area contributed by atoms with Gasteiger partial charge in [-0.1, -0.05) is 41.9 Å². The highest BCUT2D eigenvalue weighted by atomic mass is 35.5. The van der Waals surface area contributed by atoms with Crippen molar-refractivity contribution in [1.29, 1.82) is 0 Å². The molecule has 1 unspecified atom stereocenters. The first kappa shape index (κ1) is 30.1. The van der Waals surface area contributed by atoms with Crippen LogP contribution < -0.4 is 15.8 Å². The van der Waals surface area contributed by atoms with E-state index in [0.29, 0.717) is 73.8 Å². The van der Waals surface area contributed by atoms with Gasteiger partial charge in [0.15, 0.2) is 5.75 Å². The van der Waals surface area contributed by atoms with Crippen molar-refractivity contribution in [3.8, 4) is 11.5 Å². The number of hydrogen-bond acceptors (Lipinski definition) is 7. The lowest BCUT2D eigenvalue weighted by atomic mass is 9.73. The Morgan fingerprint density at radius 2 is 1.98 bits per heavy atom. The Morgan fingerprint density at radius 1 is 1.20 bits per heavy atom. The molecule has 0 bridgehead atoms. The number of aliphatic hydroxyl groups is 2. The van der Waals surface area contributed by atoms with Gasteiger partial charge in [-0.15, -0.1) is 0 Å². The number of ether oxygens (including phenoxy) is 2. The van der Waals surface area contributed by atoms with E-state index in [4.69, 9.17) is 22.1 Å². The fraction of sp³-hybridized carbons (Fsp3) is 0.533. The van der Waals surface area contributed by atoms with E-state index >= 15 is 0 Å². The van der Waals surface area contributed by atoms with Gasteiger partial charge in [0.25, 0.3) is 0 Å². The first-order valence-corrected chi connectivity index (χ1v) is 14.3. The third-order valence-corrected chi connectivity index (χ3v) is 8.56. The fourth-order valence-corrected chi connectivity index (χ4v) is 6.20. The number of piperidine rings is 1. The predicted octanol–water partition coefficient (Wildman–Crippen LogP) is 4.10. The normalized spacial score (nSPS) is 24.3. The van der Waals surface area contributed by atoms with Crippen LogP contribution in [0.5, 0.6) is 11.5 Å². The number of nitrogens with one attached hydrogen (secondary N) is 1. The number of nitrogens with two attached hydrogens (primary N) is 1. The van der Waals surface area contributed by atoms with E-state index in [9.17, 15) is 19.8 Å². The number of aryl methyl sites for hydroxylation is 1. The van der Waals surface area contributed by atoms with E-state index in [2.05, 4.69) is 10.1 Å². The van der Waals surface area contributed by atoms with Crippen molar-refractivity contribution in [3.05, 3.63) is 58.6 Å². The van der Waals surface area contributed by atoms with Crippen molar-refractivity contribution in [2.75, 3.05) is 26.7 Å². The van der Waals surface area contributed by atoms with Crippen LogP contribution in [0.15, 0.2) is 42.5 Å². The van der Waals surface area contributed by atoms with Crippen LogP contribution in [0.4, 0.5) is 4.79 Å².